The van der Waals surface area contributed by atoms with Gasteiger partial charge in [0.05, 0.1) is 19.8 Å². The first-order valence-electron chi connectivity index (χ1n) is 4.44. The van der Waals surface area contributed by atoms with Gasteiger partial charge in [-0.2, -0.15) is 4.98 Å². The maximum Gasteiger partial charge on any atom is 0.321 e. The minimum atomic E-state index is 0.428. The molecule has 0 amide bonds. The number of nitrogens with one attached hydrogen (secondary N) is 1. The molecule has 0 aliphatic heterocycles. The molecule has 0 unspecified atom stereocenters. The number of anilines is 1. The van der Waals surface area contributed by atoms with Gasteiger partial charge in [0.15, 0.2) is 5.82 Å². The third-order valence-corrected chi connectivity index (χ3v) is 1.58. The van der Waals surface area contributed by atoms with Crippen molar-refractivity contribution in [3.05, 3.63) is 5.82 Å². The SMILES string of the molecule is CNc1nc(CCOCCOC)no1. The summed E-state index contributed by atoms with van der Waals surface area (Å²) >= 11 is 0. The number of ether oxygens (including phenoxy) is 2. The molecule has 0 atom stereocenters. The molecule has 80 valence electrons. The van der Waals surface area contributed by atoms with Crippen LogP contribution in [-0.4, -0.2) is 44.1 Å². The maximum atomic E-state index is 5.25. The van der Waals surface area contributed by atoms with E-state index in [0.29, 0.717) is 38.1 Å². The summed E-state index contributed by atoms with van der Waals surface area (Å²) < 4.78 is 14.9. The number of rotatable bonds is 7. The van der Waals surface area contributed by atoms with Crippen LogP contribution in [-0.2, 0) is 15.9 Å². The smallest absolute Gasteiger partial charge is 0.321 e. The van der Waals surface area contributed by atoms with Crippen molar-refractivity contribution in [2.45, 2.75) is 6.42 Å². The van der Waals surface area contributed by atoms with Crippen LogP contribution in [0.25, 0.3) is 0 Å². The van der Waals surface area contributed by atoms with Gasteiger partial charge in [0.2, 0.25) is 0 Å². The van der Waals surface area contributed by atoms with E-state index in [1.165, 1.54) is 0 Å². The Kier molecular flexibility index (Phi) is 4.95. The summed E-state index contributed by atoms with van der Waals surface area (Å²) in [5.74, 6) is 0.645. The monoisotopic (exact) mass is 201 g/mol. The highest BCUT2D eigenvalue weighted by atomic mass is 16.5. The van der Waals surface area contributed by atoms with Crippen molar-refractivity contribution < 1.29 is 14.0 Å². The van der Waals surface area contributed by atoms with Crippen LogP contribution in [0.5, 0.6) is 0 Å². The molecule has 0 spiro atoms. The van der Waals surface area contributed by atoms with Gasteiger partial charge < -0.3 is 19.3 Å². The minimum absolute atomic E-state index is 0.428. The maximum absolute atomic E-state index is 5.25. The van der Waals surface area contributed by atoms with Crippen LogP contribution in [0, 0.1) is 0 Å². The number of hydrogen-bond donors (Lipinski definition) is 1. The number of aromatic nitrogens is 2. The normalized spacial score (nSPS) is 10.4. The van der Waals surface area contributed by atoms with Crippen LogP contribution in [0.3, 0.4) is 0 Å². The number of methoxy groups -OCH3 is 1. The van der Waals surface area contributed by atoms with Crippen molar-refractivity contribution in [1.82, 2.24) is 10.1 Å². The number of nitrogens with zero attached hydrogens (tertiary/aromatic N) is 2. The molecule has 14 heavy (non-hydrogen) atoms. The van der Waals surface area contributed by atoms with Gasteiger partial charge in [-0.15, -0.1) is 0 Å². The Labute approximate surface area is 82.6 Å². The van der Waals surface area contributed by atoms with E-state index < -0.39 is 0 Å². The molecule has 1 rings (SSSR count). The second-order valence-corrected chi connectivity index (χ2v) is 2.62. The molecule has 0 saturated carbocycles. The molecule has 0 bridgehead atoms. The zero-order valence-corrected chi connectivity index (χ0v) is 8.45. The predicted molar refractivity (Wildman–Crippen MR) is 50.2 cm³/mol. The lowest BCUT2D eigenvalue weighted by molar-refractivity contribution is 0.0714. The Morgan fingerprint density at radius 2 is 2.21 bits per heavy atom. The van der Waals surface area contributed by atoms with Gasteiger partial charge >= 0.3 is 6.01 Å². The average molecular weight is 201 g/mol. The third kappa shape index (κ3) is 3.71. The summed E-state index contributed by atoms with van der Waals surface area (Å²) in [6, 6.07) is 0.428. The molecule has 1 aromatic heterocycles. The highest BCUT2D eigenvalue weighted by Crippen LogP contribution is 2.01. The largest absolute Gasteiger partial charge is 0.382 e. The molecular weight excluding hydrogens is 186 g/mol. The van der Waals surface area contributed by atoms with Crippen molar-refractivity contribution in [3.8, 4) is 0 Å². The summed E-state index contributed by atoms with van der Waals surface area (Å²) in [6.07, 6.45) is 0.648. The second kappa shape index (κ2) is 6.33. The lowest BCUT2D eigenvalue weighted by Gasteiger charge is -1.99. The topological polar surface area (TPSA) is 69.4 Å². The molecule has 6 nitrogen and oxygen atoms in total. The van der Waals surface area contributed by atoms with Crippen molar-refractivity contribution in [1.29, 1.82) is 0 Å². The molecule has 0 aromatic carbocycles. The highest BCUT2D eigenvalue weighted by molar-refractivity contribution is 5.15. The van der Waals surface area contributed by atoms with E-state index in [1.54, 1.807) is 14.2 Å². The molecular formula is C8H15N3O3. The van der Waals surface area contributed by atoms with Crippen LogP contribution in [0.15, 0.2) is 4.52 Å². The van der Waals surface area contributed by atoms with Gasteiger partial charge in [-0.25, -0.2) is 0 Å². The Hall–Kier alpha value is -1.14. The highest BCUT2D eigenvalue weighted by Gasteiger charge is 2.03. The number of hydrogen-bond acceptors (Lipinski definition) is 6. The fourth-order valence-electron chi connectivity index (χ4n) is 0.865. The zero-order valence-electron chi connectivity index (χ0n) is 8.45. The van der Waals surface area contributed by atoms with Gasteiger partial charge in [-0.05, 0) is 0 Å². The van der Waals surface area contributed by atoms with Crippen molar-refractivity contribution in [2.24, 2.45) is 0 Å². The Morgan fingerprint density at radius 1 is 1.36 bits per heavy atom. The van der Waals surface area contributed by atoms with Crippen LogP contribution in [0.1, 0.15) is 5.82 Å². The van der Waals surface area contributed by atoms with Crippen molar-refractivity contribution >= 4 is 6.01 Å². The Bertz CT molecular complexity index is 252. The molecule has 1 aromatic rings. The fourth-order valence-corrected chi connectivity index (χ4v) is 0.865. The molecule has 6 heteroatoms. The van der Waals surface area contributed by atoms with Gasteiger partial charge in [-0.1, -0.05) is 5.16 Å². The average Bonchev–Trinajstić information content (AvgIpc) is 2.65. The summed E-state index contributed by atoms with van der Waals surface area (Å²) in [4.78, 5) is 4.05. The molecule has 1 heterocycles. The molecule has 0 aliphatic carbocycles. The van der Waals surface area contributed by atoms with E-state index in [1.807, 2.05) is 0 Å². The molecule has 0 saturated heterocycles. The van der Waals surface area contributed by atoms with E-state index in [4.69, 9.17) is 14.0 Å². The summed E-state index contributed by atoms with van der Waals surface area (Å²) in [5.41, 5.74) is 0. The molecule has 0 fully saturated rings. The van der Waals surface area contributed by atoms with Gasteiger partial charge in [0.25, 0.3) is 0 Å². The zero-order chi connectivity index (χ0) is 10.2. The van der Waals surface area contributed by atoms with Crippen LogP contribution >= 0.6 is 0 Å². The van der Waals surface area contributed by atoms with E-state index in [2.05, 4.69) is 15.5 Å². The standard InChI is InChI=1S/C8H15N3O3/c1-9-8-10-7(11-14-8)3-4-13-6-5-12-2/h3-6H2,1-2H3,(H,9,10,11). The lowest BCUT2D eigenvalue weighted by Crippen LogP contribution is -2.05. The van der Waals surface area contributed by atoms with Crippen molar-refractivity contribution in [2.75, 3.05) is 39.3 Å². The molecule has 1 N–H and O–H groups in total. The molecule has 0 aliphatic rings. The quantitative estimate of drug-likeness (QED) is 0.640. The summed E-state index contributed by atoms with van der Waals surface area (Å²) in [6.45, 7) is 1.77. The second-order valence-electron chi connectivity index (χ2n) is 2.62. The van der Waals surface area contributed by atoms with Crippen LogP contribution in [0.4, 0.5) is 6.01 Å². The van der Waals surface area contributed by atoms with Crippen LogP contribution < -0.4 is 5.32 Å². The third-order valence-electron chi connectivity index (χ3n) is 1.58. The first-order valence-corrected chi connectivity index (χ1v) is 4.44. The van der Waals surface area contributed by atoms with Crippen LogP contribution in [0.2, 0.25) is 0 Å². The first-order chi connectivity index (χ1) is 6.86. The fraction of sp³-hybridized carbons (Fsp3) is 0.750. The Balaban J connectivity index is 2.12. The van der Waals surface area contributed by atoms with Crippen molar-refractivity contribution in [3.63, 3.8) is 0 Å². The van der Waals surface area contributed by atoms with E-state index in [-0.39, 0.29) is 0 Å². The van der Waals surface area contributed by atoms with Gasteiger partial charge in [-0.3, -0.25) is 0 Å². The van der Waals surface area contributed by atoms with Gasteiger partial charge in [0, 0.05) is 20.6 Å². The van der Waals surface area contributed by atoms with Gasteiger partial charge in [0.1, 0.15) is 0 Å². The minimum Gasteiger partial charge on any atom is -0.382 e. The molecule has 0 radical (unpaired) electrons. The first kappa shape index (κ1) is 10.9. The van der Waals surface area contributed by atoms with E-state index in [0.717, 1.165) is 0 Å². The van der Waals surface area contributed by atoms with E-state index >= 15 is 0 Å². The Morgan fingerprint density at radius 3 is 2.86 bits per heavy atom. The lowest BCUT2D eigenvalue weighted by atomic mass is 10.4. The summed E-state index contributed by atoms with van der Waals surface area (Å²) in [7, 11) is 3.37. The van der Waals surface area contributed by atoms with E-state index in [9.17, 15) is 0 Å². The summed E-state index contributed by atoms with van der Waals surface area (Å²) in [5, 5.41) is 6.50. The predicted octanol–water partition coefficient (Wildman–Crippen LogP) is 0.317.